The van der Waals surface area contributed by atoms with E-state index in [2.05, 4.69) is 0 Å². The minimum atomic E-state index is -0.504. The topological polar surface area (TPSA) is 29.5 Å². The van der Waals surface area contributed by atoms with Gasteiger partial charge in [0.1, 0.15) is 5.82 Å². The Labute approximate surface area is 93.6 Å². The Morgan fingerprint density at radius 1 is 1.53 bits per heavy atom. The molecular weight excluding hydrogens is 219 g/mol. The van der Waals surface area contributed by atoms with Crippen molar-refractivity contribution in [3.05, 3.63) is 34.6 Å². The van der Waals surface area contributed by atoms with E-state index in [1.807, 2.05) is 0 Å². The number of aryl methyl sites for hydroxylation is 1. The van der Waals surface area contributed by atoms with Crippen molar-refractivity contribution in [1.29, 1.82) is 0 Å². The Hall–Kier alpha value is -0.640. The molecule has 1 atom stereocenters. The van der Waals surface area contributed by atoms with Crippen LogP contribution < -0.4 is 0 Å². The summed E-state index contributed by atoms with van der Waals surface area (Å²) in [6.45, 7) is 0.304. The second-order valence-electron chi connectivity index (χ2n) is 3.38. The summed E-state index contributed by atoms with van der Waals surface area (Å²) in [5, 5.41) is 9.82. The maximum Gasteiger partial charge on any atom is 0.124 e. The van der Waals surface area contributed by atoms with Gasteiger partial charge in [-0.1, -0.05) is 17.7 Å². The van der Waals surface area contributed by atoms with Crippen molar-refractivity contribution in [2.45, 2.75) is 18.9 Å². The van der Waals surface area contributed by atoms with Crippen LogP contribution in [0.2, 0.25) is 5.02 Å². The number of benzene rings is 1. The standard InChI is InChI=1S/C11H14ClFO2/c1-15-7-10(14)5-3-8-2-4-9(13)6-11(8)12/h2,4,6,10,14H,3,5,7H2,1H3. The molecule has 0 radical (unpaired) electrons. The molecule has 0 aliphatic heterocycles. The van der Waals surface area contributed by atoms with Gasteiger partial charge in [-0.2, -0.15) is 0 Å². The number of hydrogen-bond acceptors (Lipinski definition) is 2. The lowest BCUT2D eigenvalue weighted by Crippen LogP contribution is -2.14. The van der Waals surface area contributed by atoms with E-state index in [0.717, 1.165) is 5.56 Å². The second kappa shape index (κ2) is 6.05. The highest BCUT2D eigenvalue weighted by Gasteiger charge is 2.06. The van der Waals surface area contributed by atoms with Crippen molar-refractivity contribution in [3.63, 3.8) is 0 Å². The molecule has 0 fully saturated rings. The van der Waals surface area contributed by atoms with Crippen molar-refractivity contribution >= 4 is 11.6 Å². The van der Waals surface area contributed by atoms with Crippen LogP contribution in [0.3, 0.4) is 0 Å². The van der Waals surface area contributed by atoms with Gasteiger partial charge in [0.15, 0.2) is 0 Å². The van der Waals surface area contributed by atoms with Crippen LogP contribution in [0.4, 0.5) is 4.39 Å². The van der Waals surface area contributed by atoms with Crippen LogP contribution in [0.25, 0.3) is 0 Å². The Morgan fingerprint density at radius 3 is 2.87 bits per heavy atom. The molecule has 0 aromatic heterocycles. The van der Waals surface area contributed by atoms with Crippen molar-refractivity contribution in [2.75, 3.05) is 13.7 Å². The SMILES string of the molecule is COCC(O)CCc1ccc(F)cc1Cl. The van der Waals surface area contributed by atoms with Gasteiger partial charge in [-0.3, -0.25) is 0 Å². The first kappa shape index (κ1) is 12.4. The number of methoxy groups -OCH3 is 1. The van der Waals surface area contributed by atoms with Gasteiger partial charge in [0, 0.05) is 12.1 Å². The van der Waals surface area contributed by atoms with Crippen LogP contribution in [0.15, 0.2) is 18.2 Å². The number of ether oxygens (including phenoxy) is 1. The average Bonchev–Trinajstić information content (AvgIpc) is 2.17. The first-order chi connectivity index (χ1) is 7.13. The molecule has 0 bridgehead atoms. The molecule has 4 heteroatoms. The van der Waals surface area contributed by atoms with Gasteiger partial charge in [-0.05, 0) is 30.5 Å². The molecule has 0 amide bonds. The number of rotatable bonds is 5. The fourth-order valence-electron chi connectivity index (χ4n) is 1.32. The zero-order valence-electron chi connectivity index (χ0n) is 8.54. The van der Waals surface area contributed by atoms with Gasteiger partial charge in [0.2, 0.25) is 0 Å². The average molecular weight is 233 g/mol. The van der Waals surface area contributed by atoms with E-state index in [-0.39, 0.29) is 5.82 Å². The Kier molecular flexibility index (Phi) is 5.02. The summed E-state index contributed by atoms with van der Waals surface area (Å²) in [4.78, 5) is 0. The summed E-state index contributed by atoms with van der Waals surface area (Å²) in [6.07, 6.45) is 0.666. The lowest BCUT2D eigenvalue weighted by atomic mass is 10.1. The normalized spacial score (nSPS) is 12.8. The van der Waals surface area contributed by atoms with E-state index in [1.54, 1.807) is 6.07 Å². The predicted octanol–water partition coefficient (Wildman–Crippen LogP) is 2.42. The van der Waals surface area contributed by atoms with Gasteiger partial charge >= 0.3 is 0 Å². The first-order valence-corrected chi connectivity index (χ1v) is 5.12. The Morgan fingerprint density at radius 2 is 2.27 bits per heavy atom. The molecule has 0 saturated carbocycles. The van der Waals surface area contributed by atoms with E-state index in [0.29, 0.717) is 24.5 Å². The maximum atomic E-state index is 12.7. The van der Waals surface area contributed by atoms with E-state index >= 15 is 0 Å². The summed E-state index contributed by atoms with van der Waals surface area (Å²) in [7, 11) is 1.54. The minimum Gasteiger partial charge on any atom is -0.391 e. The van der Waals surface area contributed by atoms with Crippen molar-refractivity contribution in [2.24, 2.45) is 0 Å². The van der Waals surface area contributed by atoms with Crippen LogP contribution in [-0.2, 0) is 11.2 Å². The van der Waals surface area contributed by atoms with Gasteiger partial charge < -0.3 is 9.84 Å². The predicted molar refractivity (Wildman–Crippen MR) is 57.6 cm³/mol. The van der Waals surface area contributed by atoms with Gasteiger partial charge in [0.25, 0.3) is 0 Å². The number of hydrogen-bond donors (Lipinski definition) is 1. The molecule has 0 aliphatic carbocycles. The highest BCUT2D eigenvalue weighted by atomic mass is 35.5. The smallest absolute Gasteiger partial charge is 0.124 e. The van der Waals surface area contributed by atoms with E-state index < -0.39 is 6.10 Å². The summed E-state index contributed by atoms with van der Waals surface area (Å²) < 4.78 is 17.5. The van der Waals surface area contributed by atoms with Crippen LogP contribution >= 0.6 is 11.6 Å². The second-order valence-corrected chi connectivity index (χ2v) is 3.79. The van der Waals surface area contributed by atoms with E-state index in [1.165, 1.54) is 19.2 Å². The third kappa shape index (κ3) is 4.16. The van der Waals surface area contributed by atoms with Gasteiger partial charge in [-0.25, -0.2) is 4.39 Å². The molecule has 1 aromatic rings. The maximum absolute atomic E-state index is 12.7. The third-order valence-electron chi connectivity index (χ3n) is 2.12. The molecule has 1 rings (SSSR count). The number of halogens is 2. The Bertz CT molecular complexity index is 317. The summed E-state index contributed by atoms with van der Waals surface area (Å²) in [5.74, 6) is -0.346. The molecule has 0 saturated heterocycles. The van der Waals surface area contributed by atoms with Gasteiger partial charge in [-0.15, -0.1) is 0 Å². The summed E-state index contributed by atoms with van der Waals surface area (Å²) in [5.41, 5.74) is 0.841. The highest BCUT2D eigenvalue weighted by molar-refractivity contribution is 6.31. The van der Waals surface area contributed by atoms with E-state index in [9.17, 15) is 9.50 Å². The molecule has 1 aromatic carbocycles. The lowest BCUT2D eigenvalue weighted by Gasteiger charge is -2.09. The van der Waals surface area contributed by atoms with Crippen LogP contribution in [0.5, 0.6) is 0 Å². The van der Waals surface area contributed by atoms with Crippen LogP contribution in [-0.4, -0.2) is 24.9 Å². The third-order valence-corrected chi connectivity index (χ3v) is 2.47. The molecule has 84 valence electrons. The summed E-state index contributed by atoms with van der Waals surface area (Å²) >= 11 is 5.84. The lowest BCUT2D eigenvalue weighted by molar-refractivity contribution is 0.0595. The largest absolute Gasteiger partial charge is 0.391 e. The monoisotopic (exact) mass is 232 g/mol. The summed E-state index contributed by atoms with van der Waals surface area (Å²) in [6, 6.07) is 4.28. The molecule has 0 aliphatic rings. The first-order valence-electron chi connectivity index (χ1n) is 4.74. The van der Waals surface area contributed by atoms with Crippen molar-refractivity contribution < 1.29 is 14.2 Å². The van der Waals surface area contributed by atoms with Gasteiger partial charge in [0.05, 0.1) is 12.7 Å². The quantitative estimate of drug-likeness (QED) is 0.845. The Balaban J connectivity index is 2.50. The molecule has 1 N–H and O–H groups in total. The molecule has 1 unspecified atom stereocenters. The van der Waals surface area contributed by atoms with Crippen LogP contribution in [0.1, 0.15) is 12.0 Å². The highest BCUT2D eigenvalue weighted by Crippen LogP contribution is 2.19. The number of aliphatic hydroxyl groups is 1. The zero-order valence-corrected chi connectivity index (χ0v) is 9.30. The fourth-order valence-corrected chi connectivity index (χ4v) is 1.58. The van der Waals surface area contributed by atoms with Crippen molar-refractivity contribution in [3.8, 4) is 0 Å². The molecule has 15 heavy (non-hydrogen) atoms. The molecular formula is C11H14ClFO2. The minimum absolute atomic E-state index is 0.304. The molecule has 2 nitrogen and oxygen atoms in total. The number of aliphatic hydroxyl groups excluding tert-OH is 1. The van der Waals surface area contributed by atoms with Crippen molar-refractivity contribution in [1.82, 2.24) is 0 Å². The molecule has 0 heterocycles. The zero-order chi connectivity index (χ0) is 11.3. The fraction of sp³-hybridized carbons (Fsp3) is 0.455. The van der Waals surface area contributed by atoms with Crippen LogP contribution in [0, 0.1) is 5.82 Å². The van der Waals surface area contributed by atoms with E-state index in [4.69, 9.17) is 16.3 Å². The molecule has 0 spiro atoms.